The van der Waals surface area contributed by atoms with Gasteiger partial charge in [-0.2, -0.15) is 5.10 Å². The lowest BCUT2D eigenvalue weighted by atomic mass is 10.1. The number of H-pyrrole nitrogens is 1. The molecule has 1 heterocycles. The lowest BCUT2D eigenvalue weighted by molar-refractivity contribution is 0.0949. The number of benzene rings is 1. The molecule has 1 aromatic carbocycles. The maximum atomic E-state index is 12.5. The standard InChI is InChI=1S/C21H21N3O2/c1-14-9-10-16(11-15(14)2)13-22-20(25)18-12-19(23-24-21(18)26)17-7-5-3-4-6-8-17/h3,5-12H,4,13H2,1-2H3,(H,22,25)(H,24,26). The van der Waals surface area contributed by atoms with Crippen LogP contribution in [0.1, 0.15) is 39.2 Å². The smallest absolute Gasteiger partial charge is 0.277 e. The zero-order valence-electron chi connectivity index (χ0n) is 14.9. The molecule has 2 N–H and O–H groups in total. The van der Waals surface area contributed by atoms with Crippen LogP contribution in [-0.4, -0.2) is 16.1 Å². The van der Waals surface area contributed by atoms with Crippen molar-refractivity contribution in [1.29, 1.82) is 0 Å². The monoisotopic (exact) mass is 347 g/mol. The van der Waals surface area contributed by atoms with Crippen molar-refractivity contribution in [1.82, 2.24) is 15.5 Å². The van der Waals surface area contributed by atoms with Crippen LogP contribution in [0, 0.1) is 13.8 Å². The van der Waals surface area contributed by atoms with E-state index >= 15 is 0 Å². The van der Waals surface area contributed by atoms with Crippen molar-refractivity contribution in [2.75, 3.05) is 0 Å². The summed E-state index contributed by atoms with van der Waals surface area (Å²) >= 11 is 0. The van der Waals surface area contributed by atoms with Crippen LogP contribution in [0.2, 0.25) is 0 Å². The van der Waals surface area contributed by atoms with E-state index in [4.69, 9.17) is 0 Å². The first-order valence-electron chi connectivity index (χ1n) is 8.52. The van der Waals surface area contributed by atoms with Gasteiger partial charge in [-0.1, -0.05) is 48.6 Å². The Hall–Kier alpha value is -3.21. The second kappa shape index (κ2) is 7.78. The van der Waals surface area contributed by atoms with Crippen LogP contribution in [0.5, 0.6) is 0 Å². The van der Waals surface area contributed by atoms with Crippen LogP contribution >= 0.6 is 0 Å². The van der Waals surface area contributed by atoms with E-state index in [0.29, 0.717) is 12.2 Å². The van der Waals surface area contributed by atoms with Crippen molar-refractivity contribution in [2.45, 2.75) is 26.8 Å². The van der Waals surface area contributed by atoms with Gasteiger partial charge >= 0.3 is 0 Å². The molecule has 0 spiro atoms. The summed E-state index contributed by atoms with van der Waals surface area (Å²) in [6.07, 6.45) is 10.6. The summed E-state index contributed by atoms with van der Waals surface area (Å²) in [6.45, 7) is 4.44. The highest BCUT2D eigenvalue weighted by atomic mass is 16.2. The number of allylic oxidation sites excluding steroid dienone is 6. The van der Waals surface area contributed by atoms with Gasteiger partial charge in [-0.05, 0) is 43.0 Å². The molecule has 5 heteroatoms. The van der Waals surface area contributed by atoms with E-state index in [1.165, 1.54) is 17.2 Å². The van der Waals surface area contributed by atoms with E-state index in [1.54, 1.807) is 0 Å². The Kier molecular flexibility index (Phi) is 5.27. The zero-order chi connectivity index (χ0) is 18.5. The highest BCUT2D eigenvalue weighted by molar-refractivity contribution is 5.94. The van der Waals surface area contributed by atoms with Gasteiger partial charge in [0.15, 0.2) is 0 Å². The highest BCUT2D eigenvalue weighted by Crippen LogP contribution is 2.16. The molecule has 5 nitrogen and oxygen atoms in total. The van der Waals surface area contributed by atoms with Crippen molar-refractivity contribution in [2.24, 2.45) is 0 Å². The molecule has 0 radical (unpaired) electrons. The summed E-state index contributed by atoms with van der Waals surface area (Å²) in [5.41, 5.74) is 4.32. The third-order valence-electron chi connectivity index (χ3n) is 4.35. The fraction of sp³-hybridized carbons (Fsp3) is 0.190. The molecular weight excluding hydrogens is 326 g/mol. The molecule has 0 saturated heterocycles. The zero-order valence-corrected chi connectivity index (χ0v) is 14.9. The summed E-state index contributed by atoms with van der Waals surface area (Å²) in [7, 11) is 0. The Morgan fingerprint density at radius 1 is 1.19 bits per heavy atom. The Bertz CT molecular complexity index is 981. The number of hydrogen-bond donors (Lipinski definition) is 2. The molecule has 0 aliphatic heterocycles. The van der Waals surface area contributed by atoms with Crippen LogP contribution in [-0.2, 0) is 6.54 Å². The molecule has 0 fully saturated rings. The fourth-order valence-corrected chi connectivity index (χ4v) is 2.66. The Balaban J connectivity index is 1.79. The van der Waals surface area contributed by atoms with E-state index in [-0.39, 0.29) is 5.56 Å². The maximum absolute atomic E-state index is 12.5. The summed E-state index contributed by atoms with van der Waals surface area (Å²) in [4.78, 5) is 24.5. The van der Waals surface area contributed by atoms with Gasteiger partial charge in [0, 0.05) is 12.1 Å². The van der Waals surface area contributed by atoms with Gasteiger partial charge < -0.3 is 5.32 Å². The van der Waals surface area contributed by atoms with Crippen LogP contribution in [0.4, 0.5) is 0 Å². The van der Waals surface area contributed by atoms with Crippen LogP contribution in [0.15, 0.2) is 59.4 Å². The van der Waals surface area contributed by atoms with Crippen LogP contribution in [0.25, 0.3) is 5.57 Å². The molecule has 0 bridgehead atoms. The predicted octanol–water partition coefficient (Wildman–Crippen LogP) is 3.22. The number of carbonyl (C=O) groups excluding carboxylic acids is 1. The summed E-state index contributed by atoms with van der Waals surface area (Å²) in [5, 5.41) is 9.28. The topological polar surface area (TPSA) is 74.8 Å². The molecule has 0 saturated carbocycles. The molecule has 1 aliphatic carbocycles. The van der Waals surface area contributed by atoms with Crippen molar-refractivity contribution in [3.05, 3.63) is 92.9 Å². The highest BCUT2D eigenvalue weighted by Gasteiger charge is 2.13. The third-order valence-corrected chi connectivity index (χ3v) is 4.35. The number of nitrogens with one attached hydrogen (secondary N) is 2. The van der Waals surface area contributed by atoms with Crippen molar-refractivity contribution in [3.63, 3.8) is 0 Å². The van der Waals surface area contributed by atoms with Gasteiger partial charge in [0.25, 0.3) is 11.5 Å². The molecule has 0 unspecified atom stereocenters. The Morgan fingerprint density at radius 3 is 2.85 bits per heavy atom. The van der Waals surface area contributed by atoms with Crippen molar-refractivity contribution >= 4 is 11.5 Å². The predicted molar refractivity (Wildman–Crippen MR) is 103 cm³/mol. The Morgan fingerprint density at radius 2 is 2.04 bits per heavy atom. The largest absolute Gasteiger partial charge is 0.348 e. The van der Waals surface area contributed by atoms with E-state index in [1.807, 2.05) is 62.4 Å². The van der Waals surface area contributed by atoms with E-state index in [2.05, 4.69) is 15.5 Å². The lowest BCUT2D eigenvalue weighted by Gasteiger charge is -2.08. The molecule has 3 rings (SSSR count). The number of aryl methyl sites for hydroxylation is 2. The SMILES string of the molecule is Cc1ccc(CNC(=O)c2cc(C3=CC=CCC=C3)n[nH]c2=O)cc1C. The molecule has 2 aromatic rings. The first kappa shape index (κ1) is 17.6. The number of amides is 1. The maximum Gasteiger partial charge on any atom is 0.277 e. The summed E-state index contributed by atoms with van der Waals surface area (Å²) < 4.78 is 0. The minimum atomic E-state index is -0.500. The average molecular weight is 347 g/mol. The molecule has 26 heavy (non-hydrogen) atoms. The number of carbonyl (C=O) groups is 1. The minimum Gasteiger partial charge on any atom is -0.348 e. The quantitative estimate of drug-likeness (QED) is 0.892. The second-order valence-corrected chi connectivity index (χ2v) is 6.29. The van der Waals surface area contributed by atoms with Crippen molar-refractivity contribution < 1.29 is 4.79 Å². The third kappa shape index (κ3) is 4.06. The second-order valence-electron chi connectivity index (χ2n) is 6.29. The molecule has 1 aliphatic rings. The molecule has 0 atom stereocenters. The number of rotatable bonds is 4. The Labute approximate surface area is 152 Å². The molecule has 1 aromatic heterocycles. The summed E-state index contributed by atoms with van der Waals surface area (Å²) in [5.74, 6) is -0.415. The summed E-state index contributed by atoms with van der Waals surface area (Å²) in [6, 6.07) is 7.56. The number of hydrogen-bond acceptors (Lipinski definition) is 3. The van der Waals surface area contributed by atoms with Gasteiger partial charge in [-0.3, -0.25) is 9.59 Å². The van der Waals surface area contributed by atoms with Gasteiger partial charge in [0.1, 0.15) is 5.56 Å². The molecule has 132 valence electrons. The van der Waals surface area contributed by atoms with Crippen LogP contribution < -0.4 is 10.9 Å². The van der Waals surface area contributed by atoms with Gasteiger partial charge in [-0.15, -0.1) is 0 Å². The van der Waals surface area contributed by atoms with E-state index in [0.717, 1.165) is 17.6 Å². The normalized spacial score (nSPS) is 13.2. The van der Waals surface area contributed by atoms with Crippen molar-refractivity contribution in [3.8, 4) is 0 Å². The number of aromatic amines is 1. The molecule has 1 amide bonds. The first-order valence-corrected chi connectivity index (χ1v) is 8.52. The van der Waals surface area contributed by atoms with Gasteiger partial charge in [0.05, 0.1) is 5.69 Å². The minimum absolute atomic E-state index is 0.0568. The average Bonchev–Trinajstić information content (AvgIpc) is 2.92. The fourth-order valence-electron chi connectivity index (χ4n) is 2.66. The van der Waals surface area contributed by atoms with Crippen LogP contribution in [0.3, 0.4) is 0 Å². The van der Waals surface area contributed by atoms with E-state index in [9.17, 15) is 9.59 Å². The molecular formula is C21H21N3O2. The first-order chi connectivity index (χ1) is 12.5. The van der Waals surface area contributed by atoms with E-state index < -0.39 is 11.5 Å². The lowest BCUT2D eigenvalue weighted by Crippen LogP contribution is -2.30. The number of nitrogens with zero attached hydrogens (tertiary/aromatic N) is 1. The van der Waals surface area contributed by atoms with Gasteiger partial charge in [-0.25, -0.2) is 5.10 Å². The number of aromatic nitrogens is 2. The van der Waals surface area contributed by atoms with Gasteiger partial charge in [0.2, 0.25) is 0 Å².